The van der Waals surface area contributed by atoms with Gasteiger partial charge in [0.15, 0.2) is 0 Å². The molecule has 2 N–H and O–H groups in total. The molecule has 0 saturated carbocycles. The van der Waals surface area contributed by atoms with Crippen molar-refractivity contribution in [3.63, 3.8) is 0 Å². The molecule has 11 heteroatoms. The summed E-state index contributed by atoms with van der Waals surface area (Å²) in [4.78, 5) is 21.1. The SMILES string of the molecule is CC(C)(O)c1ccc2c(c1NC(=O)c1cccc(C(F)(F)F)n1)=C1C=CC(CCS(C)(=O)=O)C=C1N=2. The second kappa shape index (κ2) is 8.97. The Kier molecular flexibility index (Phi) is 6.42. The molecule has 4 rings (SSSR count). The number of nitrogens with zero attached hydrogens (tertiary/aromatic N) is 2. The molecule has 1 aliphatic carbocycles. The van der Waals surface area contributed by atoms with Gasteiger partial charge in [0, 0.05) is 22.6 Å². The number of sulfone groups is 1. The van der Waals surface area contributed by atoms with Gasteiger partial charge in [-0.05, 0) is 44.4 Å². The summed E-state index contributed by atoms with van der Waals surface area (Å²) in [7, 11) is -3.13. The Bertz CT molecular complexity index is 1540. The van der Waals surface area contributed by atoms with Crippen LogP contribution in [0.2, 0.25) is 0 Å². The lowest BCUT2D eigenvalue weighted by atomic mass is 9.91. The van der Waals surface area contributed by atoms with Crippen LogP contribution in [0.3, 0.4) is 0 Å². The number of aromatic nitrogens is 1. The predicted octanol–water partition coefficient (Wildman–Crippen LogP) is 2.87. The molecule has 0 radical (unpaired) electrons. The maximum Gasteiger partial charge on any atom is 0.433 e. The Morgan fingerprint density at radius 3 is 2.53 bits per heavy atom. The van der Waals surface area contributed by atoms with Crippen LogP contribution < -0.4 is 15.9 Å². The van der Waals surface area contributed by atoms with Crippen molar-refractivity contribution in [1.82, 2.24) is 4.98 Å². The average Bonchev–Trinajstić information content (AvgIpc) is 3.14. The third-order valence-electron chi connectivity index (χ3n) is 5.84. The summed E-state index contributed by atoms with van der Waals surface area (Å²) in [6.07, 6.45) is 2.31. The molecule has 7 nitrogen and oxygen atoms in total. The molecule has 1 unspecified atom stereocenters. The number of allylic oxidation sites excluding steroid dienone is 3. The fourth-order valence-corrected chi connectivity index (χ4v) is 4.82. The van der Waals surface area contributed by atoms with E-state index in [0.29, 0.717) is 33.8 Å². The van der Waals surface area contributed by atoms with Crippen LogP contribution in [0.5, 0.6) is 0 Å². The summed E-state index contributed by atoms with van der Waals surface area (Å²) in [5, 5.41) is 14.4. The molecular weight excluding hydrogens is 495 g/mol. The predicted molar refractivity (Wildman–Crippen MR) is 128 cm³/mol. The number of benzene rings is 1. The Morgan fingerprint density at radius 2 is 1.89 bits per heavy atom. The van der Waals surface area contributed by atoms with Crippen LogP contribution in [0.15, 0.2) is 59.2 Å². The molecule has 0 fully saturated rings. The highest BCUT2D eigenvalue weighted by molar-refractivity contribution is 7.90. The number of alkyl halides is 3. The zero-order valence-electron chi connectivity index (χ0n) is 19.7. The number of pyridine rings is 1. The lowest BCUT2D eigenvalue weighted by Crippen LogP contribution is -2.34. The minimum atomic E-state index is -4.71. The number of halogens is 3. The third-order valence-corrected chi connectivity index (χ3v) is 6.82. The molecule has 190 valence electrons. The second-order valence-electron chi connectivity index (χ2n) is 9.32. The van der Waals surface area contributed by atoms with Crippen LogP contribution >= 0.6 is 0 Å². The van der Waals surface area contributed by atoms with Crippen molar-refractivity contribution < 1.29 is 31.5 Å². The Hall–Kier alpha value is -3.31. The molecule has 1 aromatic heterocycles. The van der Waals surface area contributed by atoms with Gasteiger partial charge in [-0.2, -0.15) is 13.2 Å². The van der Waals surface area contributed by atoms with Crippen LogP contribution in [-0.2, 0) is 21.6 Å². The molecular formula is C25H24F3N3O4S. The van der Waals surface area contributed by atoms with Gasteiger partial charge in [0.1, 0.15) is 21.2 Å². The van der Waals surface area contributed by atoms with Gasteiger partial charge >= 0.3 is 6.18 Å². The number of aliphatic hydroxyl groups is 1. The maximum atomic E-state index is 13.1. The Morgan fingerprint density at radius 1 is 1.17 bits per heavy atom. The quantitative estimate of drug-likeness (QED) is 0.610. The molecule has 1 aromatic carbocycles. The molecule has 36 heavy (non-hydrogen) atoms. The number of carbonyl (C=O) groups is 1. The van der Waals surface area contributed by atoms with Crippen molar-refractivity contribution in [1.29, 1.82) is 0 Å². The van der Waals surface area contributed by atoms with Gasteiger partial charge in [0.25, 0.3) is 5.91 Å². The van der Waals surface area contributed by atoms with Crippen LogP contribution in [0, 0.1) is 5.92 Å². The van der Waals surface area contributed by atoms with Crippen molar-refractivity contribution in [3.8, 4) is 0 Å². The standard InChI is InChI=1S/C25H24F3N3O4S/c1-24(2,33)16-9-10-17-21(15-8-7-14(13-19(15)29-17)11-12-36(3,34)35)22(16)31-23(32)18-5-4-6-20(30-18)25(26,27)28/h4-10,13-14,33H,11-12H2,1-3H3,(H,31,32). The normalized spacial score (nSPS) is 17.2. The molecule has 1 aliphatic heterocycles. The van der Waals surface area contributed by atoms with Gasteiger partial charge < -0.3 is 10.4 Å². The molecule has 2 heterocycles. The molecule has 1 amide bonds. The first kappa shape index (κ1) is 25.8. The lowest BCUT2D eigenvalue weighted by molar-refractivity contribution is -0.141. The number of rotatable bonds is 6. The number of amides is 1. The van der Waals surface area contributed by atoms with Crippen molar-refractivity contribution in [2.75, 3.05) is 17.3 Å². The maximum absolute atomic E-state index is 13.1. The van der Waals surface area contributed by atoms with Crippen molar-refractivity contribution in [3.05, 3.63) is 81.8 Å². The van der Waals surface area contributed by atoms with E-state index in [1.807, 2.05) is 12.2 Å². The van der Waals surface area contributed by atoms with Crippen molar-refractivity contribution >= 4 is 27.0 Å². The fourth-order valence-electron chi connectivity index (χ4n) is 4.12. The smallest absolute Gasteiger partial charge is 0.386 e. The second-order valence-corrected chi connectivity index (χ2v) is 11.6. The average molecular weight is 520 g/mol. The van der Waals surface area contributed by atoms with Crippen LogP contribution in [-0.4, -0.2) is 36.4 Å². The van der Waals surface area contributed by atoms with Gasteiger partial charge in [-0.3, -0.25) is 4.79 Å². The van der Waals surface area contributed by atoms with E-state index < -0.39 is 38.9 Å². The van der Waals surface area contributed by atoms with Crippen LogP contribution in [0.1, 0.15) is 42.0 Å². The van der Waals surface area contributed by atoms with Crippen LogP contribution in [0.4, 0.5) is 18.9 Å². The molecule has 1 atom stereocenters. The van der Waals surface area contributed by atoms with Gasteiger partial charge in [-0.15, -0.1) is 0 Å². The summed E-state index contributed by atoms with van der Waals surface area (Å²) in [6.45, 7) is 3.05. The number of fused-ring (bicyclic) bond motifs is 2. The van der Waals surface area contributed by atoms with Crippen molar-refractivity contribution in [2.45, 2.75) is 32.0 Å². The Balaban J connectivity index is 1.79. The molecule has 0 saturated heterocycles. The van der Waals surface area contributed by atoms with Crippen LogP contribution in [0.25, 0.3) is 5.57 Å². The topological polar surface area (TPSA) is 109 Å². The molecule has 2 aliphatic rings. The fraction of sp³-hybridized carbons (Fsp3) is 0.320. The van der Waals surface area contributed by atoms with E-state index >= 15 is 0 Å². The van der Waals surface area contributed by atoms with E-state index in [0.717, 1.165) is 12.1 Å². The van der Waals surface area contributed by atoms with Gasteiger partial charge in [-0.1, -0.05) is 30.4 Å². The van der Waals surface area contributed by atoms with E-state index in [4.69, 9.17) is 0 Å². The number of hydrogen-bond acceptors (Lipinski definition) is 6. The monoisotopic (exact) mass is 519 g/mol. The number of hydrogen-bond donors (Lipinski definition) is 2. The highest BCUT2D eigenvalue weighted by atomic mass is 32.2. The van der Waals surface area contributed by atoms with E-state index in [1.165, 1.54) is 26.2 Å². The lowest BCUT2D eigenvalue weighted by Gasteiger charge is -2.22. The van der Waals surface area contributed by atoms with E-state index in [-0.39, 0.29) is 17.4 Å². The summed E-state index contributed by atoms with van der Waals surface area (Å²) in [6, 6.07) is 6.33. The molecule has 0 bridgehead atoms. The molecule has 2 aromatic rings. The zero-order valence-corrected chi connectivity index (χ0v) is 20.5. The number of anilines is 1. The first-order chi connectivity index (χ1) is 16.6. The first-order valence-electron chi connectivity index (χ1n) is 11.1. The van der Waals surface area contributed by atoms with Gasteiger partial charge in [-0.25, -0.2) is 18.4 Å². The zero-order chi connectivity index (χ0) is 26.5. The minimum absolute atomic E-state index is 0.0161. The largest absolute Gasteiger partial charge is 0.433 e. The number of nitrogens with one attached hydrogen (secondary N) is 1. The summed E-state index contributed by atoms with van der Waals surface area (Å²) in [5.41, 5.74) is -1.22. The Labute approximate surface area is 205 Å². The van der Waals surface area contributed by atoms with E-state index in [2.05, 4.69) is 15.3 Å². The summed E-state index contributed by atoms with van der Waals surface area (Å²) < 4.78 is 62.4. The summed E-state index contributed by atoms with van der Waals surface area (Å²) in [5.74, 6) is -1.01. The minimum Gasteiger partial charge on any atom is -0.386 e. The van der Waals surface area contributed by atoms with E-state index in [1.54, 1.807) is 18.2 Å². The third kappa shape index (κ3) is 5.41. The molecule has 0 spiro atoms. The van der Waals surface area contributed by atoms with E-state index in [9.17, 15) is 31.5 Å². The highest BCUT2D eigenvalue weighted by Gasteiger charge is 2.33. The first-order valence-corrected chi connectivity index (χ1v) is 13.1. The number of carbonyl (C=O) groups excluding carboxylic acids is 1. The summed E-state index contributed by atoms with van der Waals surface area (Å²) >= 11 is 0. The van der Waals surface area contributed by atoms with Gasteiger partial charge in [0.05, 0.1) is 28.1 Å². The highest BCUT2D eigenvalue weighted by Crippen LogP contribution is 2.31. The van der Waals surface area contributed by atoms with Gasteiger partial charge in [0.2, 0.25) is 0 Å². The van der Waals surface area contributed by atoms with Crippen molar-refractivity contribution in [2.24, 2.45) is 10.9 Å².